The van der Waals surface area contributed by atoms with Crippen molar-refractivity contribution >= 4 is 40.1 Å². The highest BCUT2D eigenvalue weighted by Gasteiger charge is 2.36. The molecular formula is C23H20F4N4O4. The summed E-state index contributed by atoms with van der Waals surface area (Å²) >= 11 is 0. The minimum atomic E-state index is -5.10. The molecular weight excluding hydrogens is 472 g/mol. The fourth-order valence-electron chi connectivity index (χ4n) is 4.04. The topological polar surface area (TPSA) is 92.7 Å². The van der Waals surface area contributed by atoms with Gasteiger partial charge in [0.25, 0.3) is 0 Å². The molecule has 4 rings (SSSR count). The first-order valence-electron chi connectivity index (χ1n) is 10.6. The molecule has 1 fully saturated rings. The fraction of sp³-hybridized carbons (Fsp3) is 0.261. The van der Waals surface area contributed by atoms with Crippen LogP contribution in [0.3, 0.4) is 0 Å². The van der Waals surface area contributed by atoms with Crippen molar-refractivity contribution in [2.45, 2.75) is 32.2 Å². The first-order chi connectivity index (χ1) is 16.5. The normalized spacial score (nSPS) is 15.8. The minimum absolute atomic E-state index is 0.180. The zero-order valence-corrected chi connectivity index (χ0v) is 18.4. The van der Waals surface area contributed by atoms with Crippen LogP contribution in [0.15, 0.2) is 48.7 Å². The second-order valence-corrected chi connectivity index (χ2v) is 7.89. The first kappa shape index (κ1) is 24.0. The summed E-state index contributed by atoms with van der Waals surface area (Å²) < 4.78 is 56.9. The number of rotatable bonds is 4. The largest absolute Gasteiger partial charge is 0.573 e. The van der Waals surface area contributed by atoms with Gasteiger partial charge in [-0.3, -0.25) is 14.2 Å². The van der Waals surface area contributed by atoms with Crippen molar-refractivity contribution in [2.75, 3.05) is 17.2 Å². The lowest BCUT2D eigenvalue weighted by molar-refractivity contribution is -0.275. The van der Waals surface area contributed by atoms with Gasteiger partial charge in [-0.15, -0.1) is 13.2 Å². The number of carbonyl (C=O) groups is 3. The van der Waals surface area contributed by atoms with E-state index in [2.05, 4.69) is 15.4 Å². The summed E-state index contributed by atoms with van der Waals surface area (Å²) in [6.45, 7) is 1.56. The van der Waals surface area contributed by atoms with Crippen LogP contribution in [0, 0.1) is 5.82 Å². The number of ether oxygens (including phenoxy) is 1. The molecule has 3 aromatic rings. The molecule has 1 unspecified atom stereocenters. The Balaban J connectivity index is 1.51. The molecule has 0 spiro atoms. The summed E-state index contributed by atoms with van der Waals surface area (Å²) in [5.41, 5.74) is 0.469. The number of amides is 3. The van der Waals surface area contributed by atoms with Crippen LogP contribution in [0.4, 0.5) is 33.7 Å². The van der Waals surface area contributed by atoms with Gasteiger partial charge in [0.15, 0.2) is 11.6 Å². The number of urea groups is 1. The molecule has 184 valence electrons. The molecule has 1 aliphatic heterocycles. The Bertz CT molecular complexity index is 1300. The molecule has 1 atom stereocenters. The van der Waals surface area contributed by atoms with Gasteiger partial charge in [0.1, 0.15) is 6.04 Å². The van der Waals surface area contributed by atoms with Gasteiger partial charge >= 0.3 is 12.4 Å². The number of halogens is 4. The Morgan fingerprint density at radius 2 is 1.77 bits per heavy atom. The Morgan fingerprint density at radius 1 is 1.03 bits per heavy atom. The van der Waals surface area contributed by atoms with E-state index in [-0.39, 0.29) is 12.5 Å². The Kier molecular flexibility index (Phi) is 6.37. The molecule has 2 heterocycles. The lowest BCUT2D eigenvalue weighted by atomic mass is 10.2. The zero-order chi connectivity index (χ0) is 25.3. The summed E-state index contributed by atoms with van der Waals surface area (Å²) in [5.74, 6) is -3.25. The number of likely N-dealkylation sites (tertiary alicyclic amines) is 1. The SMILES string of the molecule is CC(=O)n1cc(NC(=O)C2CCCN2C(=O)Nc2cccc(OC(F)(F)F)c2F)c2ccccc21. The van der Waals surface area contributed by atoms with E-state index >= 15 is 0 Å². The van der Waals surface area contributed by atoms with Crippen molar-refractivity contribution in [3.63, 3.8) is 0 Å². The highest BCUT2D eigenvalue weighted by atomic mass is 19.4. The number of nitrogens with one attached hydrogen (secondary N) is 2. The van der Waals surface area contributed by atoms with E-state index in [0.717, 1.165) is 18.2 Å². The summed E-state index contributed by atoms with van der Waals surface area (Å²) in [4.78, 5) is 39.0. The maximum absolute atomic E-state index is 14.4. The number of para-hydroxylation sites is 1. The van der Waals surface area contributed by atoms with Crippen molar-refractivity contribution in [3.8, 4) is 5.75 Å². The summed E-state index contributed by atoms with van der Waals surface area (Å²) in [6.07, 6.45) is -2.80. The first-order valence-corrected chi connectivity index (χ1v) is 10.6. The molecule has 2 aromatic carbocycles. The third kappa shape index (κ3) is 5.05. The van der Waals surface area contributed by atoms with Gasteiger partial charge in [-0.05, 0) is 31.0 Å². The summed E-state index contributed by atoms with van der Waals surface area (Å²) in [7, 11) is 0. The van der Waals surface area contributed by atoms with Crippen molar-refractivity contribution in [3.05, 3.63) is 54.5 Å². The summed E-state index contributed by atoms with van der Waals surface area (Å²) in [6, 6.07) is 8.17. The second-order valence-electron chi connectivity index (χ2n) is 7.89. The lowest BCUT2D eigenvalue weighted by Crippen LogP contribution is -2.45. The van der Waals surface area contributed by atoms with Crippen LogP contribution in [0.2, 0.25) is 0 Å². The molecule has 0 bridgehead atoms. The van der Waals surface area contributed by atoms with Crippen LogP contribution in [-0.2, 0) is 4.79 Å². The summed E-state index contributed by atoms with van der Waals surface area (Å²) in [5, 5.41) is 5.59. The number of aromatic nitrogens is 1. The molecule has 3 amide bonds. The van der Waals surface area contributed by atoms with Gasteiger partial charge in [0.2, 0.25) is 11.8 Å². The smallest absolute Gasteiger partial charge is 0.403 e. The predicted octanol–water partition coefficient (Wildman–Crippen LogP) is 4.97. The molecule has 0 radical (unpaired) electrons. The average Bonchev–Trinajstić information content (AvgIpc) is 3.41. The third-order valence-electron chi connectivity index (χ3n) is 5.56. The lowest BCUT2D eigenvalue weighted by Gasteiger charge is -2.24. The van der Waals surface area contributed by atoms with Gasteiger partial charge in [-0.1, -0.05) is 24.3 Å². The number of alkyl halides is 3. The molecule has 1 aliphatic rings. The molecule has 0 aliphatic carbocycles. The number of benzene rings is 2. The number of hydrogen-bond acceptors (Lipinski definition) is 4. The highest BCUT2D eigenvalue weighted by Crippen LogP contribution is 2.31. The molecule has 8 nitrogen and oxygen atoms in total. The zero-order valence-electron chi connectivity index (χ0n) is 18.4. The van der Waals surface area contributed by atoms with E-state index in [9.17, 15) is 31.9 Å². The standard InChI is InChI=1S/C23H20F4N4O4/c1-13(32)31-12-16(14-6-2-3-8-17(14)31)28-21(33)18-9-5-11-30(18)22(34)29-15-7-4-10-19(20(15)24)35-23(25,26)27/h2-4,6-8,10,12,18H,5,9,11H2,1H3,(H,28,33)(H,29,34). The van der Waals surface area contributed by atoms with E-state index < -0.39 is 41.6 Å². The van der Waals surface area contributed by atoms with Crippen molar-refractivity contribution < 1.29 is 36.7 Å². The van der Waals surface area contributed by atoms with Crippen LogP contribution < -0.4 is 15.4 Å². The molecule has 12 heteroatoms. The van der Waals surface area contributed by atoms with Crippen molar-refractivity contribution in [2.24, 2.45) is 0 Å². The maximum Gasteiger partial charge on any atom is 0.573 e. The van der Waals surface area contributed by atoms with Crippen LogP contribution in [0.5, 0.6) is 5.75 Å². The van der Waals surface area contributed by atoms with Crippen LogP contribution >= 0.6 is 0 Å². The van der Waals surface area contributed by atoms with E-state index in [1.54, 1.807) is 24.3 Å². The van der Waals surface area contributed by atoms with Crippen LogP contribution in [0.25, 0.3) is 10.9 Å². The van der Waals surface area contributed by atoms with E-state index in [1.807, 2.05) is 0 Å². The highest BCUT2D eigenvalue weighted by molar-refractivity contribution is 6.07. The van der Waals surface area contributed by atoms with Crippen molar-refractivity contribution in [1.82, 2.24) is 9.47 Å². The number of carbonyl (C=O) groups excluding carboxylic acids is 3. The number of fused-ring (bicyclic) bond motifs is 1. The monoisotopic (exact) mass is 492 g/mol. The Labute approximate surface area is 196 Å². The van der Waals surface area contributed by atoms with E-state index in [1.165, 1.54) is 22.6 Å². The van der Waals surface area contributed by atoms with Gasteiger partial charge in [0.05, 0.1) is 16.9 Å². The van der Waals surface area contributed by atoms with Gasteiger partial charge < -0.3 is 20.3 Å². The predicted molar refractivity (Wildman–Crippen MR) is 119 cm³/mol. The third-order valence-corrected chi connectivity index (χ3v) is 5.56. The van der Waals surface area contributed by atoms with E-state index in [0.29, 0.717) is 29.4 Å². The maximum atomic E-state index is 14.4. The molecule has 0 saturated carbocycles. The Hall–Kier alpha value is -4.09. The number of anilines is 2. The molecule has 35 heavy (non-hydrogen) atoms. The quantitative estimate of drug-likeness (QED) is 0.503. The van der Waals surface area contributed by atoms with E-state index in [4.69, 9.17) is 0 Å². The molecule has 2 N–H and O–H groups in total. The number of hydrogen-bond donors (Lipinski definition) is 2. The Morgan fingerprint density at radius 3 is 2.49 bits per heavy atom. The minimum Gasteiger partial charge on any atom is -0.403 e. The van der Waals surface area contributed by atoms with Gasteiger partial charge in [-0.2, -0.15) is 0 Å². The molecule has 1 saturated heterocycles. The molecule has 1 aromatic heterocycles. The van der Waals surface area contributed by atoms with Crippen molar-refractivity contribution in [1.29, 1.82) is 0 Å². The average molecular weight is 492 g/mol. The van der Waals surface area contributed by atoms with Crippen LogP contribution in [0.1, 0.15) is 24.6 Å². The van der Waals surface area contributed by atoms with Crippen LogP contribution in [-0.4, -0.2) is 46.3 Å². The fourth-order valence-corrected chi connectivity index (χ4v) is 4.04. The van der Waals surface area contributed by atoms with Gasteiger partial charge in [-0.25, -0.2) is 9.18 Å². The van der Waals surface area contributed by atoms with Gasteiger partial charge in [0, 0.05) is 25.1 Å². The second kappa shape index (κ2) is 9.28. The number of nitrogens with zero attached hydrogens (tertiary/aromatic N) is 2.